The minimum Gasteiger partial charge on any atom is -0.409 e. The van der Waals surface area contributed by atoms with Crippen LogP contribution >= 0.6 is 43.2 Å². The molecule has 1 aromatic rings. The maximum Gasteiger partial charge on any atom is 0.180 e. The highest BCUT2D eigenvalue weighted by Gasteiger charge is 2.06. The van der Waals surface area contributed by atoms with Crippen molar-refractivity contribution in [1.82, 2.24) is 0 Å². The standard InChI is InChI=1S/C5H4Br2N2OS/c6-2-1-3(5(8)9-10)11-4(2)7/h1,10H,(H2,8,9). The van der Waals surface area contributed by atoms with Crippen molar-refractivity contribution in [3.05, 3.63) is 19.2 Å². The van der Waals surface area contributed by atoms with Gasteiger partial charge in [0, 0.05) is 4.47 Å². The number of rotatable bonds is 1. The minimum atomic E-state index is 0.126. The van der Waals surface area contributed by atoms with Crippen LogP contribution in [0, 0.1) is 0 Å². The summed E-state index contributed by atoms with van der Waals surface area (Å²) in [7, 11) is 0. The molecule has 1 heterocycles. The van der Waals surface area contributed by atoms with Gasteiger partial charge in [0.05, 0.1) is 8.66 Å². The van der Waals surface area contributed by atoms with Crippen molar-refractivity contribution in [3.63, 3.8) is 0 Å². The Labute approximate surface area is 84.2 Å². The molecule has 0 aliphatic carbocycles. The first kappa shape index (κ1) is 9.02. The van der Waals surface area contributed by atoms with Gasteiger partial charge >= 0.3 is 0 Å². The van der Waals surface area contributed by atoms with Crippen LogP contribution in [-0.4, -0.2) is 11.0 Å². The highest BCUT2D eigenvalue weighted by atomic mass is 79.9. The number of hydrogen-bond acceptors (Lipinski definition) is 3. The van der Waals surface area contributed by atoms with E-state index in [9.17, 15) is 0 Å². The second kappa shape index (κ2) is 3.55. The maximum atomic E-state index is 8.33. The van der Waals surface area contributed by atoms with Crippen LogP contribution in [-0.2, 0) is 0 Å². The van der Waals surface area contributed by atoms with Crippen molar-refractivity contribution in [3.8, 4) is 0 Å². The van der Waals surface area contributed by atoms with Crippen LogP contribution in [0.5, 0.6) is 0 Å². The lowest BCUT2D eigenvalue weighted by molar-refractivity contribution is 0.319. The number of nitrogens with two attached hydrogens (primary N) is 1. The molecule has 11 heavy (non-hydrogen) atoms. The Balaban J connectivity index is 3.07. The third-order valence-corrected chi connectivity index (χ3v) is 4.28. The molecule has 0 aromatic carbocycles. The topological polar surface area (TPSA) is 58.6 Å². The van der Waals surface area contributed by atoms with Crippen molar-refractivity contribution >= 4 is 49.0 Å². The Morgan fingerprint density at radius 3 is 2.64 bits per heavy atom. The van der Waals surface area contributed by atoms with Gasteiger partial charge in [0.2, 0.25) is 0 Å². The number of oxime groups is 1. The summed E-state index contributed by atoms with van der Waals surface area (Å²) < 4.78 is 1.84. The van der Waals surface area contributed by atoms with Crippen molar-refractivity contribution in [1.29, 1.82) is 0 Å². The summed E-state index contributed by atoms with van der Waals surface area (Å²) in [5, 5.41) is 11.2. The van der Waals surface area contributed by atoms with E-state index in [0.717, 1.165) is 13.1 Å². The Bertz CT molecular complexity index is 277. The first-order valence-electron chi connectivity index (χ1n) is 2.58. The predicted molar refractivity (Wildman–Crippen MR) is 52.2 cm³/mol. The lowest BCUT2D eigenvalue weighted by Gasteiger charge is -1.87. The van der Waals surface area contributed by atoms with Gasteiger partial charge in [0.15, 0.2) is 5.84 Å². The number of nitrogens with zero attached hydrogens (tertiary/aromatic N) is 1. The molecule has 0 fully saturated rings. The molecule has 0 radical (unpaired) electrons. The second-order valence-electron chi connectivity index (χ2n) is 1.72. The molecule has 6 heteroatoms. The quantitative estimate of drug-likeness (QED) is 0.362. The minimum absolute atomic E-state index is 0.126. The summed E-state index contributed by atoms with van der Waals surface area (Å²) in [5.41, 5.74) is 5.35. The lowest BCUT2D eigenvalue weighted by atomic mass is 10.4. The van der Waals surface area contributed by atoms with Gasteiger partial charge in [0.25, 0.3) is 0 Å². The van der Waals surface area contributed by atoms with E-state index in [1.165, 1.54) is 11.3 Å². The molecule has 0 aliphatic heterocycles. The van der Waals surface area contributed by atoms with E-state index in [4.69, 9.17) is 10.9 Å². The zero-order chi connectivity index (χ0) is 8.43. The zero-order valence-electron chi connectivity index (χ0n) is 5.21. The summed E-state index contributed by atoms with van der Waals surface area (Å²) in [5.74, 6) is 0.126. The molecule has 1 aromatic heterocycles. The van der Waals surface area contributed by atoms with Gasteiger partial charge in [-0.1, -0.05) is 5.16 Å². The molecule has 0 bridgehead atoms. The fraction of sp³-hybridized carbons (Fsp3) is 0. The first-order chi connectivity index (χ1) is 5.15. The lowest BCUT2D eigenvalue weighted by Crippen LogP contribution is -2.10. The van der Waals surface area contributed by atoms with E-state index in [-0.39, 0.29) is 5.84 Å². The van der Waals surface area contributed by atoms with Crippen LogP contribution < -0.4 is 5.73 Å². The molecular weight excluding hydrogens is 296 g/mol. The average molecular weight is 300 g/mol. The number of amidine groups is 1. The van der Waals surface area contributed by atoms with E-state index >= 15 is 0 Å². The van der Waals surface area contributed by atoms with Gasteiger partial charge in [0.1, 0.15) is 0 Å². The number of halogens is 2. The normalized spacial score (nSPS) is 12.0. The van der Waals surface area contributed by atoms with Gasteiger partial charge in [-0.15, -0.1) is 11.3 Å². The van der Waals surface area contributed by atoms with Gasteiger partial charge in [-0.05, 0) is 37.9 Å². The van der Waals surface area contributed by atoms with E-state index in [1.807, 2.05) is 0 Å². The molecule has 0 aliphatic rings. The van der Waals surface area contributed by atoms with E-state index < -0.39 is 0 Å². The largest absolute Gasteiger partial charge is 0.409 e. The van der Waals surface area contributed by atoms with Crippen LogP contribution in [0.4, 0.5) is 0 Å². The summed E-state index contributed by atoms with van der Waals surface area (Å²) in [4.78, 5) is 0.728. The Morgan fingerprint density at radius 2 is 2.27 bits per heavy atom. The van der Waals surface area contributed by atoms with E-state index in [2.05, 4.69) is 37.0 Å². The summed E-state index contributed by atoms with van der Waals surface area (Å²) in [6.07, 6.45) is 0. The highest BCUT2D eigenvalue weighted by Crippen LogP contribution is 2.31. The molecule has 1 rings (SSSR count). The van der Waals surface area contributed by atoms with Crippen molar-refractivity contribution in [2.75, 3.05) is 0 Å². The second-order valence-corrected chi connectivity index (χ2v) is 4.94. The van der Waals surface area contributed by atoms with Crippen LogP contribution in [0.2, 0.25) is 0 Å². The van der Waals surface area contributed by atoms with E-state index in [1.54, 1.807) is 6.07 Å². The van der Waals surface area contributed by atoms with Gasteiger partial charge in [-0.3, -0.25) is 0 Å². The van der Waals surface area contributed by atoms with Crippen molar-refractivity contribution in [2.45, 2.75) is 0 Å². The summed E-state index contributed by atoms with van der Waals surface area (Å²) >= 11 is 7.98. The summed E-state index contributed by atoms with van der Waals surface area (Å²) in [6.45, 7) is 0. The van der Waals surface area contributed by atoms with E-state index in [0.29, 0.717) is 0 Å². The molecule has 0 saturated carbocycles. The Morgan fingerprint density at radius 1 is 1.64 bits per heavy atom. The molecule has 0 atom stereocenters. The monoisotopic (exact) mass is 298 g/mol. The highest BCUT2D eigenvalue weighted by molar-refractivity contribution is 9.13. The number of hydrogen-bond donors (Lipinski definition) is 2. The van der Waals surface area contributed by atoms with Crippen LogP contribution in [0.1, 0.15) is 4.88 Å². The molecular formula is C5H4Br2N2OS. The van der Waals surface area contributed by atoms with Crippen molar-refractivity contribution < 1.29 is 5.21 Å². The van der Waals surface area contributed by atoms with Gasteiger partial charge in [-0.2, -0.15) is 0 Å². The zero-order valence-corrected chi connectivity index (χ0v) is 9.20. The summed E-state index contributed by atoms with van der Waals surface area (Å²) in [6, 6.07) is 1.78. The maximum absolute atomic E-state index is 8.33. The molecule has 0 amide bonds. The smallest absolute Gasteiger partial charge is 0.180 e. The SMILES string of the molecule is N/C(=N\O)c1cc(Br)c(Br)s1. The molecule has 0 spiro atoms. The third kappa shape index (κ3) is 1.94. The molecule has 60 valence electrons. The Hall–Kier alpha value is -0.0700. The predicted octanol–water partition coefficient (Wildman–Crippen LogP) is 2.37. The Kier molecular flexibility index (Phi) is 2.91. The fourth-order valence-electron chi connectivity index (χ4n) is 0.522. The molecule has 3 nitrogen and oxygen atoms in total. The third-order valence-electron chi connectivity index (χ3n) is 1.01. The van der Waals surface area contributed by atoms with Crippen LogP contribution in [0.25, 0.3) is 0 Å². The van der Waals surface area contributed by atoms with Crippen molar-refractivity contribution in [2.24, 2.45) is 10.9 Å². The molecule has 0 saturated heterocycles. The fourth-order valence-corrected chi connectivity index (χ4v) is 2.45. The molecule has 3 N–H and O–H groups in total. The number of thiophene rings is 1. The molecule has 0 unspecified atom stereocenters. The first-order valence-corrected chi connectivity index (χ1v) is 4.98. The average Bonchev–Trinajstić information content (AvgIpc) is 2.31. The van der Waals surface area contributed by atoms with Crippen LogP contribution in [0.15, 0.2) is 19.5 Å². The van der Waals surface area contributed by atoms with Crippen LogP contribution in [0.3, 0.4) is 0 Å². The van der Waals surface area contributed by atoms with Gasteiger partial charge < -0.3 is 10.9 Å². The van der Waals surface area contributed by atoms with Gasteiger partial charge in [-0.25, -0.2) is 0 Å².